The quantitative estimate of drug-likeness (QED) is 0.834. The van der Waals surface area contributed by atoms with E-state index in [9.17, 15) is 5.11 Å². The molecular formula is C10H13BrN2O. The van der Waals surface area contributed by atoms with Gasteiger partial charge in [-0.05, 0) is 40.5 Å². The lowest BCUT2D eigenvalue weighted by molar-refractivity contribution is 0.0617. The number of β-amino-alcohol motifs (C(OH)–C–C–N with tert-alkyl or cyclic N) is 1. The Morgan fingerprint density at radius 1 is 1.64 bits per heavy atom. The predicted octanol–water partition coefficient (Wildman–Crippen LogP) is 1.11. The van der Waals surface area contributed by atoms with Crippen LogP contribution in [-0.4, -0.2) is 28.8 Å². The molecule has 4 heteroatoms. The van der Waals surface area contributed by atoms with E-state index < -0.39 is 5.60 Å². The SMILES string of the molecule is OC1(Cc2ccncc2Br)CCNC1. The zero-order chi connectivity index (χ0) is 10.0. The fourth-order valence-electron chi connectivity index (χ4n) is 1.78. The third-order valence-electron chi connectivity index (χ3n) is 2.60. The molecule has 0 aromatic carbocycles. The fraction of sp³-hybridized carbons (Fsp3) is 0.500. The number of rotatable bonds is 2. The van der Waals surface area contributed by atoms with Crippen LogP contribution in [0.5, 0.6) is 0 Å². The van der Waals surface area contributed by atoms with E-state index in [-0.39, 0.29) is 0 Å². The zero-order valence-electron chi connectivity index (χ0n) is 7.83. The van der Waals surface area contributed by atoms with E-state index >= 15 is 0 Å². The summed E-state index contributed by atoms with van der Waals surface area (Å²) in [4.78, 5) is 4.00. The predicted molar refractivity (Wildman–Crippen MR) is 58.1 cm³/mol. The van der Waals surface area contributed by atoms with E-state index in [2.05, 4.69) is 26.2 Å². The molecule has 0 amide bonds. The summed E-state index contributed by atoms with van der Waals surface area (Å²) in [6, 6.07) is 1.94. The van der Waals surface area contributed by atoms with Gasteiger partial charge in [0, 0.05) is 29.8 Å². The Bertz CT molecular complexity index is 324. The highest BCUT2D eigenvalue weighted by Gasteiger charge is 2.31. The Balaban J connectivity index is 2.14. The summed E-state index contributed by atoms with van der Waals surface area (Å²) in [5.41, 5.74) is 0.537. The number of halogens is 1. The lowest BCUT2D eigenvalue weighted by Gasteiger charge is -2.21. The van der Waals surface area contributed by atoms with Crippen LogP contribution in [0.2, 0.25) is 0 Å². The molecule has 1 aromatic rings. The van der Waals surface area contributed by atoms with Gasteiger partial charge in [-0.3, -0.25) is 4.98 Å². The Kier molecular flexibility index (Phi) is 2.85. The molecule has 14 heavy (non-hydrogen) atoms. The van der Waals surface area contributed by atoms with Crippen molar-refractivity contribution in [2.24, 2.45) is 0 Å². The van der Waals surface area contributed by atoms with Gasteiger partial charge in [-0.25, -0.2) is 0 Å². The van der Waals surface area contributed by atoms with Crippen molar-refractivity contribution in [3.05, 3.63) is 28.5 Å². The summed E-state index contributed by atoms with van der Waals surface area (Å²) in [6.45, 7) is 1.58. The summed E-state index contributed by atoms with van der Waals surface area (Å²) in [6.07, 6.45) is 5.03. The molecule has 1 unspecified atom stereocenters. The highest BCUT2D eigenvalue weighted by molar-refractivity contribution is 9.10. The highest BCUT2D eigenvalue weighted by Crippen LogP contribution is 2.24. The van der Waals surface area contributed by atoms with Gasteiger partial charge in [-0.15, -0.1) is 0 Å². The standard InChI is InChI=1S/C10H13BrN2O/c11-9-6-12-3-1-8(9)5-10(14)2-4-13-7-10/h1,3,6,13-14H,2,4-5,7H2. The molecule has 1 saturated heterocycles. The van der Waals surface area contributed by atoms with Crippen molar-refractivity contribution in [1.82, 2.24) is 10.3 Å². The Hall–Kier alpha value is -0.450. The Labute approximate surface area is 91.7 Å². The van der Waals surface area contributed by atoms with Crippen LogP contribution in [0.15, 0.2) is 22.9 Å². The minimum absolute atomic E-state index is 0.579. The van der Waals surface area contributed by atoms with Crippen molar-refractivity contribution in [1.29, 1.82) is 0 Å². The molecule has 76 valence electrons. The number of pyridine rings is 1. The smallest absolute Gasteiger partial charge is 0.0824 e. The molecule has 1 aromatic heterocycles. The third kappa shape index (κ3) is 2.13. The minimum atomic E-state index is -0.579. The first-order valence-corrected chi connectivity index (χ1v) is 5.50. The zero-order valence-corrected chi connectivity index (χ0v) is 9.42. The van der Waals surface area contributed by atoms with Gasteiger partial charge in [0.1, 0.15) is 0 Å². The molecule has 2 heterocycles. The van der Waals surface area contributed by atoms with Crippen LogP contribution in [0.1, 0.15) is 12.0 Å². The van der Waals surface area contributed by atoms with E-state index in [0.717, 1.165) is 23.0 Å². The van der Waals surface area contributed by atoms with Crippen molar-refractivity contribution in [3.63, 3.8) is 0 Å². The molecule has 0 saturated carbocycles. The van der Waals surface area contributed by atoms with Gasteiger partial charge in [0.05, 0.1) is 5.60 Å². The van der Waals surface area contributed by atoms with E-state index in [1.54, 1.807) is 12.4 Å². The van der Waals surface area contributed by atoms with Crippen molar-refractivity contribution >= 4 is 15.9 Å². The van der Waals surface area contributed by atoms with Crippen LogP contribution in [0.25, 0.3) is 0 Å². The average Bonchev–Trinajstić information content (AvgIpc) is 2.57. The van der Waals surface area contributed by atoms with Crippen LogP contribution < -0.4 is 5.32 Å². The monoisotopic (exact) mass is 256 g/mol. The molecule has 0 spiro atoms. The van der Waals surface area contributed by atoms with Crippen molar-refractivity contribution in [3.8, 4) is 0 Å². The van der Waals surface area contributed by atoms with Gasteiger partial charge in [0.25, 0.3) is 0 Å². The second kappa shape index (κ2) is 3.96. The molecule has 2 N–H and O–H groups in total. The molecule has 1 atom stereocenters. The van der Waals surface area contributed by atoms with Gasteiger partial charge in [-0.1, -0.05) is 0 Å². The first-order valence-electron chi connectivity index (χ1n) is 4.71. The summed E-state index contributed by atoms with van der Waals surface area (Å²) in [7, 11) is 0. The maximum absolute atomic E-state index is 10.2. The van der Waals surface area contributed by atoms with Gasteiger partial charge < -0.3 is 10.4 Å². The third-order valence-corrected chi connectivity index (χ3v) is 3.31. The molecule has 3 nitrogen and oxygen atoms in total. The van der Waals surface area contributed by atoms with Crippen LogP contribution >= 0.6 is 15.9 Å². The fourth-order valence-corrected chi connectivity index (χ4v) is 2.17. The Morgan fingerprint density at radius 2 is 2.50 bits per heavy atom. The van der Waals surface area contributed by atoms with E-state index in [0.29, 0.717) is 13.0 Å². The summed E-state index contributed by atoms with van der Waals surface area (Å²) in [5, 5.41) is 13.3. The van der Waals surface area contributed by atoms with Crippen LogP contribution in [0, 0.1) is 0 Å². The van der Waals surface area contributed by atoms with Gasteiger partial charge in [0.2, 0.25) is 0 Å². The lowest BCUT2D eigenvalue weighted by Crippen LogP contribution is -2.33. The lowest BCUT2D eigenvalue weighted by atomic mass is 9.94. The average molecular weight is 257 g/mol. The normalized spacial score (nSPS) is 26.7. The van der Waals surface area contributed by atoms with Gasteiger partial charge >= 0.3 is 0 Å². The van der Waals surface area contributed by atoms with E-state index in [4.69, 9.17) is 0 Å². The topological polar surface area (TPSA) is 45.2 Å². The molecule has 0 bridgehead atoms. The minimum Gasteiger partial charge on any atom is -0.388 e. The van der Waals surface area contributed by atoms with Crippen LogP contribution in [0.4, 0.5) is 0 Å². The summed E-state index contributed by atoms with van der Waals surface area (Å²) in [5.74, 6) is 0. The molecule has 1 aliphatic rings. The molecule has 0 aliphatic carbocycles. The maximum Gasteiger partial charge on any atom is 0.0824 e. The number of aliphatic hydroxyl groups is 1. The number of hydrogen-bond acceptors (Lipinski definition) is 3. The van der Waals surface area contributed by atoms with Crippen LogP contribution in [0.3, 0.4) is 0 Å². The second-order valence-corrected chi connectivity index (χ2v) is 4.65. The van der Waals surface area contributed by atoms with Gasteiger partial charge in [0.15, 0.2) is 0 Å². The maximum atomic E-state index is 10.2. The molecule has 2 rings (SSSR count). The first-order chi connectivity index (χ1) is 6.70. The van der Waals surface area contributed by atoms with E-state index in [1.165, 1.54) is 0 Å². The number of hydrogen-bond donors (Lipinski definition) is 2. The Morgan fingerprint density at radius 3 is 3.14 bits per heavy atom. The van der Waals surface area contributed by atoms with Crippen molar-refractivity contribution in [2.75, 3.05) is 13.1 Å². The number of aromatic nitrogens is 1. The number of nitrogens with zero attached hydrogens (tertiary/aromatic N) is 1. The number of nitrogens with one attached hydrogen (secondary N) is 1. The van der Waals surface area contributed by atoms with Gasteiger partial charge in [-0.2, -0.15) is 0 Å². The van der Waals surface area contributed by atoms with Crippen molar-refractivity contribution in [2.45, 2.75) is 18.4 Å². The van der Waals surface area contributed by atoms with Crippen molar-refractivity contribution < 1.29 is 5.11 Å². The van der Waals surface area contributed by atoms with Crippen LogP contribution in [-0.2, 0) is 6.42 Å². The molecule has 1 fully saturated rings. The summed E-state index contributed by atoms with van der Waals surface area (Å²) >= 11 is 3.43. The molecular weight excluding hydrogens is 244 g/mol. The highest BCUT2D eigenvalue weighted by atomic mass is 79.9. The largest absolute Gasteiger partial charge is 0.388 e. The second-order valence-electron chi connectivity index (χ2n) is 3.79. The summed E-state index contributed by atoms with van der Waals surface area (Å²) < 4.78 is 0.973. The first kappa shape index (κ1) is 10.1. The van der Waals surface area contributed by atoms with E-state index in [1.807, 2.05) is 6.07 Å². The molecule has 1 aliphatic heterocycles. The molecule has 0 radical (unpaired) electrons.